The fourth-order valence-electron chi connectivity index (χ4n) is 1.93. The molecule has 0 saturated carbocycles. The van der Waals surface area contributed by atoms with Crippen LogP contribution in [0.25, 0.3) is 0 Å². The molecule has 0 spiro atoms. The SMILES string of the molecule is COC(=O)C1(C)Cc2c(F)cc(Cl)cc2C(=O)O1. The molecule has 0 N–H and O–H groups in total. The van der Waals surface area contributed by atoms with Crippen LogP contribution in [-0.2, 0) is 20.7 Å². The Bertz CT molecular complexity index is 543. The summed E-state index contributed by atoms with van der Waals surface area (Å²) >= 11 is 5.67. The van der Waals surface area contributed by atoms with E-state index in [1.54, 1.807) is 0 Å². The van der Waals surface area contributed by atoms with Crippen molar-refractivity contribution in [3.8, 4) is 0 Å². The van der Waals surface area contributed by atoms with Gasteiger partial charge in [0.1, 0.15) is 5.82 Å². The number of esters is 2. The average Bonchev–Trinajstić information content (AvgIpc) is 2.30. The molecule has 1 aromatic carbocycles. The van der Waals surface area contributed by atoms with Gasteiger partial charge in [-0.15, -0.1) is 0 Å². The number of fused-ring (bicyclic) bond motifs is 1. The third-order valence-electron chi connectivity index (χ3n) is 2.83. The number of carbonyl (C=O) groups excluding carboxylic acids is 2. The van der Waals surface area contributed by atoms with E-state index in [1.165, 1.54) is 20.1 Å². The van der Waals surface area contributed by atoms with Crippen LogP contribution < -0.4 is 0 Å². The van der Waals surface area contributed by atoms with Crippen molar-refractivity contribution in [2.45, 2.75) is 18.9 Å². The molecule has 0 saturated heterocycles. The van der Waals surface area contributed by atoms with Crippen molar-refractivity contribution in [3.05, 3.63) is 34.1 Å². The molecule has 1 atom stereocenters. The molecule has 18 heavy (non-hydrogen) atoms. The molecule has 96 valence electrons. The van der Waals surface area contributed by atoms with Crippen molar-refractivity contribution in [2.75, 3.05) is 7.11 Å². The number of methoxy groups -OCH3 is 1. The van der Waals surface area contributed by atoms with Gasteiger partial charge in [0.25, 0.3) is 0 Å². The predicted molar refractivity (Wildman–Crippen MR) is 61.0 cm³/mol. The van der Waals surface area contributed by atoms with Crippen LogP contribution >= 0.6 is 11.6 Å². The summed E-state index contributed by atoms with van der Waals surface area (Å²) in [6, 6.07) is 2.41. The number of ether oxygens (including phenoxy) is 2. The van der Waals surface area contributed by atoms with Crippen LogP contribution in [0.3, 0.4) is 0 Å². The molecule has 0 bridgehead atoms. The predicted octanol–water partition coefficient (Wildman–Crippen LogP) is 2.12. The number of hydrogen-bond donors (Lipinski definition) is 0. The summed E-state index contributed by atoms with van der Waals surface area (Å²) in [4.78, 5) is 23.3. The zero-order chi connectivity index (χ0) is 13.5. The van der Waals surface area contributed by atoms with Crippen molar-refractivity contribution < 1.29 is 23.5 Å². The minimum atomic E-state index is -1.51. The van der Waals surface area contributed by atoms with E-state index in [0.717, 1.165) is 6.07 Å². The molecule has 1 aliphatic heterocycles. The first-order valence-electron chi connectivity index (χ1n) is 5.17. The topological polar surface area (TPSA) is 52.6 Å². The monoisotopic (exact) mass is 272 g/mol. The Morgan fingerprint density at radius 1 is 1.56 bits per heavy atom. The van der Waals surface area contributed by atoms with Gasteiger partial charge >= 0.3 is 11.9 Å². The van der Waals surface area contributed by atoms with Gasteiger partial charge in [-0.2, -0.15) is 0 Å². The molecular formula is C12H10ClFO4. The highest BCUT2D eigenvalue weighted by molar-refractivity contribution is 6.31. The molecule has 0 aromatic heterocycles. The molecule has 2 rings (SSSR count). The fourth-order valence-corrected chi connectivity index (χ4v) is 2.13. The Kier molecular flexibility index (Phi) is 3.02. The number of rotatable bonds is 1. The average molecular weight is 273 g/mol. The summed E-state index contributed by atoms with van der Waals surface area (Å²) < 4.78 is 23.4. The van der Waals surface area contributed by atoms with Gasteiger partial charge in [-0.3, -0.25) is 0 Å². The molecule has 0 radical (unpaired) electrons. The van der Waals surface area contributed by atoms with Gasteiger partial charge in [-0.1, -0.05) is 11.6 Å². The van der Waals surface area contributed by atoms with E-state index in [1.807, 2.05) is 0 Å². The van der Waals surface area contributed by atoms with Gasteiger partial charge in [0.2, 0.25) is 5.60 Å². The highest BCUT2D eigenvalue weighted by Crippen LogP contribution is 2.32. The molecule has 1 unspecified atom stereocenters. The first-order valence-corrected chi connectivity index (χ1v) is 5.55. The maximum Gasteiger partial charge on any atom is 0.350 e. The summed E-state index contributed by atoms with van der Waals surface area (Å²) in [5.41, 5.74) is -1.35. The lowest BCUT2D eigenvalue weighted by atomic mass is 9.89. The molecule has 0 aliphatic carbocycles. The summed E-state index contributed by atoms with van der Waals surface area (Å²) in [6.07, 6.45) is -0.0796. The Balaban J connectivity index is 2.52. The number of hydrogen-bond acceptors (Lipinski definition) is 4. The summed E-state index contributed by atoms with van der Waals surface area (Å²) in [6.45, 7) is 1.38. The van der Waals surface area contributed by atoms with E-state index in [0.29, 0.717) is 0 Å². The number of cyclic esters (lactones) is 1. The van der Waals surface area contributed by atoms with E-state index >= 15 is 0 Å². The molecule has 1 aromatic rings. The van der Waals surface area contributed by atoms with Gasteiger partial charge in [0, 0.05) is 17.0 Å². The molecule has 0 fully saturated rings. The number of halogens is 2. The standard InChI is InChI=1S/C12H10ClFO4/c1-12(11(16)17-2)5-8-7(10(15)18-12)3-6(13)4-9(8)14/h3-4H,5H2,1-2H3. The van der Waals surface area contributed by atoms with Gasteiger partial charge in [0.15, 0.2) is 0 Å². The quantitative estimate of drug-likeness (QED) is 0.735. The first kappa shape index (κ1) is 12.8. The molecule has 0 amide bonds. The van der Waals surface area contributed by atoms with Crippen LogP contribution in [0.2, 0.25) is 5.02 Å². The van der Waals surface area contributed by atoms with Crippen LogP contribution in [0.5, 0.6) is 0 Å². The summed E-state index contributed by atoms with van der Waals surface area (Å²) in [5, 5.41) is 0.102. The minimum absolute atomic E-state index is 0.0429. The van der Waals surface area contributed by atoms with Gasteiger partial charge in [-0.05, 0) is 19.1 Å². The normalized spacial score (nSPS) is 22.1. The zero-order valence-electron chi connectivity index (χ0n) is 9.75. The fraction of sp³-hybridized carbons (Fsp3) is 0.333. The van der Waals surface area contributed by atoms with Crippen LogP contribution in [0.1, 0.15) is 22.8 Å². The van der Waals surface area contributed by atoms with Crippen LogP contribution in [0, 0.1) is 5.82 Å². The van der Waals surface area contributed by atoms with Crippen molar-refractivity contribution in [2.24, 2.45) is 0 Å². The van der Waals surface area contributed by atoms with Crippen LogP contribution in [-0.4, -0.2) is 24.6 Å². The maximum atomic E-state index is 13.8. The van der Waals surface area contributed by atoms with Crippen molar-refractivity contribution in [3.63, 3.8) is 0 Å². The Hall–Kier alpha value is -1.62. The molecule has 1 aliphatic rings. The van der Waals surface area contributed by atoms with Crippen LogP contribution in [0.15, 0.2) is 12.1 Å². The van der Waals surface area contributed by atoms with Crippen molar-refractivity contribution in [1.82, 2.24) is 0 Å². The van der Waals surface area contributed by atoms with Crippen LogP contribution in [0.4, 0.5) is 4.39 Å². The lowest BCUT2D eigenvalue weighted by Gasteiger charge is -2.31. The minimum Gasteiger partial charge on any atom is -0.466 e. The highest BCUT2D eigenvalue weighted by atomic mass is 35.5. The number of benzene rings is 1. The molecule has 6 heteroatoms. The van der Waals surface area contributed by atoms with Gasteiger partial charge < -0.3 is 9.47 Å². The molecule has 4 nitrogen and oxygen atoms in total. The third-order valence-corrected chi connectivity index (χ3v) is 3.05. The smallest absolute Gasteiger partial charge is 0.350 e. The maximum absolute atomic E-state index is 13.8. The zero-order valence-corrected chi connectivity index (χ0v) is 10.5. The van der Waals surface area contributed by atoms with E-state index in [2.05, 4.69) is 4.74 Å². The second-order valence-electron chi connectivity index (χ2n) is 4.20. The Labute approximate surface area is 108 Å². The van der Waals surface area contributed by atoms with Crippen molar-refractivity contribution in [1.29, 1.82) is 0 Å². The van der Waals surface area contributed by atoms with Crippen molar-refractivity contribution >= 4 is 23.5 Å². The second-order valence-corrected chi connectivity index (χ2v) is 4.64. The summed E-state index contributed by atoms with van der Waals surface area (Å²) in [5.74, 6) is -2.15. The lowest BCUT2D eigenvalue weighted by Crippen LogP contribution is -2.46. The summed E-state index contributed by atoms with van der Waals surface area (Å²) in [7, 11) is 1.18. The van der Waals surface area contributed by atoms with E-state index in [4.69, 9.17) is 16.3 Å². The second kappa shape index (κ2) is 4.24. The third kappa shape index (κ3) is 1.95. The highest BCUT2D eigenvalue weighted by Gasteiger charge is 2.44. The lowest BCUT2D eigenvalue weighted by molar-refractivity contribution is -0.161. The van der Waals surface area contributed by atoms with E-state index < -0.39 is 23.4 Å². The van der Waals surface area contributed by atoms with Gasteiger partial charge in [0.05, 0.1) is 12.7 Å². The number of carbonyl (C=O) groups is 2. The van der Waals surface area contributed by atoms with E-state index in [-0.39, 0.29) is 22.6 Å². The molecular weight excluding hydrogens is 263 g/mol. The molecule has 1 heterocycles. The van der Waals surface area contributed by atoms with Gasteiger partial charge in [-0.25, -0.2) is 14.0 Å². The first-order chi connectivity index (χ1) is 8.37. The van der Waals surface area contributed by atoms with E-state index in [9.17, 15) is 14.0 Å². The Morgan fingerprint density at radius 2 is 2.22 bits per heavy atom. The Morgan fingerprint density at radius 3 is 2.83 bits per heavy atom. The largest absolute Gasteiger partial charge is 0.466 e.